The summed E-state index contributed by atoms with van der Waals surface area (Å²) in [7, 11) is 0. The minimum absolute atomic E-state index is 0.229. The summed E-state index contributed by atoms with van der Waals surface area (Å²) in [6.45, 7) is 0. The molecule has 0 atom stereocenters. The number of carboxylic acid groups (broad SMARTS) is 1. The second-order valence-corrected chi connectivity index (χ2v) is 2.21. The Bertz CT molecular complexity index is 321. The maximum atomic E-state index is 10.5. The summed E-state index contributed by atoms with van der Waals surface area (Å²) in [5.74, 6) is 3.95. The van der Waals surface area contributed by atoms with Crippen molar-refractivity contribution < 1.29 is 9.90 Å². The standard InChI is InChI=1S/C8H8N2O2/c9-10-5-6-2-1-3-7(4-6)8(11)12/h1-5H,9H2,(H,11,12). The van der Waals surface area contributed by atoms with Gasteiger partial charge >= 0.3 is 5.97 Å². The maximum Gasteiger partial charge on any atom is 0.335 e. The fourth-order valence-corrected chi connectivity index (χ4v) is 0.838. The molecule has 0 amide bonds. The third-order valence-corrected chi connectivity index (χ3v) is 1.36. The molecule has 4 nitrogen and oxygen atoms in total. The lowest BCUT2D eigenvalue weighted by molar-refractivity contribution is 0.0697. The van der Waals surface area contributed by atoms with E-state index in [2.05, 4.69) is 5.10 Å². The Morgan fingerprint density at radius 2 is 2.33 bits per heavy atom. The number of nitrogens with two attached hydrogens (primary N) is 1. The van der Waals surface area contributed by atoms with Gasteiger partial charge in [0, 0.05) is 0 Å². The van der Waals surface area contributed by atoms with Gasteiger partial charge in [-0.05, 0) is 17.7 Å². The lowest BCUT2D eigenvalue weighted by Gasteiger charge is -1.94. The average Bonchev–Trinajstić information content (AvgIpc) is 2.05. The fraction of sp³-hybridized carbons (Fsp3) is 0. The van der Waals surface area contributed by atoms with E-state index < -0.39 is 5.97 Å². The van der Waals surface area contributed by atoms with Crippen LogP contribution in [0.2, 0.25) is 0 Å². The first-order valence-corrected chi connectivity index (χ1v) is 3.30. The first-order chi connectivity index (χ1) is 5.74. The Balaban J connectivity index is 3.03. The first-order valence-electron chi connectivity index (χ1n) is 3.30. The van der Waals surface area contributed by atoms with Crippen LogP contribution in [-0.4, -0.2) is 17.3 Å². The molecule has 12 heavy (non-hydrogen) atoms. The van der Waals surface area contributed by atoms with Crippen LogP contribution < -0.4 is 5.84 Å². The van der Waals surface area contributed by atoms with Gasteiger partial charge < -0.3 is 10.9 Å². The molecular formula is C8H8N2O2. The summed E-state index contributed by atoms with van der Waals surface area (Å²) in [5, 5.41) is 11.9. The predicted molar refractivity (Wildman–Crippen MR) is 45.2 cm³/mol. The van der Waals surface area contributed by atoms with Gasteiger partial charge in [0.05, 0.1) is 11.8 Å². The van der Waals surface area contributed by atoms with E-state index in [0.29, 0.717) is 5.56 Å². The van der Waals surface area contributed by atoms with Crippen molar-refractivity contribution in [3.05, 3.63) is 35.4 Å². The lowest BCUT2D eigenvalue weighted by atomic mass is 10.1. The van der Waals surface area contributed by atoms with Crippen LogP contribution in [0.15, 0.2) is 29.4 Å². The number of nitrogens with zero attached hydrogens (tertiary/aromatic N) is 1. The number of benzene rings is 1. The zero-order valence-electron chi connectivity index (χ0n) is 6.27. The zero-order chi connectivity index (χ0) is 8.97. The van der Waals surface area contributed by atoms with Gasteiger partial charge in [0.2, 0.25) is 0 Å². The molecule has 1 aromatic rings. The molecule has 62 valence electrons. The number of carbonyl (C=O) groups is 1. The van der Waals surface area contributed by atoms with E-state index in [-0.39, 0.29) is 5.56 Å². The normalized spacial score (nSPS) is 10.3. The number of hydrogen-bond donors (Lipinski definition) is 2. The van der Waals surface area contributed by atoms with Gasteiger partial charge in [0.1, 0.15) is 0 Å². The Hall–Kier alpha value is -1.84. The molecule has 4 heteroatoms. The highest BCUT2D eigenvalue weighted by atomic mass is 16.4. The highest BCUT2D eigenvalue weighted by molar-refractivity contribution is 5.90. The van der Waals surface area contributed by atoms with Gasteiger partial charge in [0.25, 0.3) is 0 Å². The smallest absolute Gasteiger partial charge is 0.335 e. The third kappa shape index (κ3) is 1.82. The Labute approximate surface area is 69.3 Å². The first kappa shape index (κ1) is 8.26. The average molecular weight is 164 g/mol. The summed E-state index contributed by atoms with van der Waals surface area (Å²) in [4.78, 5) is 10.5. The van der Waals surface area contributed by atoms with Crippen LogP contribution in [0.25, 0.3) is 0 Å². The quantitative estimate of drug-likeness (QED) is 0.383. The van der Waals surface area contributed by atoms with Gasteiger partial charge in [-0.25, -0.2) is 4.79 Å². The number of hydrazone groups is 1. The molecule has 0 aliphatic carbocycles. The molecule has 0 saturated carbocycles. The van der Waals surface area contributed by atoms with Crippen molar-refractivity contribution in [1.82, 2.24) is 0 Å². The molecular weight excluding hydrogens is 156 g/mol. The molecule has 0 saturated heterocycles. The molecule has 1 aromatic carbocycles. The molecule has 1 rings (SSSR count). The third-order valence-electron chi connectivity index (χ3n) is 1.36. The van der Waals surface area contributed by atoms with Crippen molar-refractivity contribution in [1.29, 1.82) is 0 Å². The van der Waals surface area contributed by atoms with Crippen LogP contribution in [0.1, 0.15) is 15.9 Å². The SMILES string of the molecule is NN=Cc1cccc(C(=O)O)c1. The summed E-state index contributed by atoms with van der Waals surface area (Å²) in [5.41, 5.74) is 0.907. The second kappa shape index (κ2) is 3.52. The van der Waals surface area contributed by atoms with E-state index in [0.717, 1.165) is 0 Å². The minimum Gasteiger partial charge on any atom is -0.478 e. The zero-order valence-corrected chi connectivity index (χ0v) is 6.27. The summed E-state index contributed by atoms with van der Waals surface area (Å²) in [6.07, 6.45) is 1.40. The summed E-state index contributed by atoms with van der Waals surface area (Å²) >= 11 is 0. The molecule has 0 radical (unpaired) electrons. The van der Waals surface area contributed by atoms with Crippen molar-refractivity contribution in [3.8, 4) is 0 Å². The molecule has 0 unspecified atom stereocenters. The van der Waals surface area contributed by atoms with Crippen LogP contribution >= 0.6 is 0 Å². The number of aromatic carboxylic acids is 1. The Kier molecular flexibility index (Phi) is 2.42. The van der Waals surface area contributed by atoms with E-state index in [9.17, 15) is 4.79 Å². The molecule has 0 aromatic heterocycles. The van der Waals surface area contributed by atoms with Crippen molar-refractivity contribution >= 4 is 12.2 Å². The Morgan fingerprint density at radius 3 is 2.92 bits per heavy atom. The molecule has 0 spiro atoms. The number of rotatable bonds is 2. The number of hydrogen-bond acceptors (Lipinski definition) is 3. The largest absolute Gasteiger partial charge is 0.478 e. The Morgan fingerprint density at radius 1 is 1.58 bits per heavy atom. The fourth-order valence-electron chi connectivity index (χ4n) is 0.838. The molecule has 0 fully saturated rings. The molecule has 0 aliphatic rings. The van der Waals surface area contributed by atoms with Crippen LogP contribution in [0.4, 0.5) is 0 Å². The van der Waals surface area contributed by atoms with E-state index in [1.165, 1.54) is 18.3 Å². The van der Waals surface area contributed by atoms with E-state index in [4.69, 9.17) is 10.9 Å². The highest BCUT2D eigenvalue weighted by Crippen LogP contribution is 2.02. The van der Waals surface area contributed by atoms with Gasteiger partial charge in [-0.1, -0.05) is 12.1 Å². The molecule has 0 aliphatic heterocycles. The van der Waals surface area contributed by atoms with Crippen LogP contribution in [0.5, 0.6) is 0 Å². The summed E-state index contributed by atoms with van der Waals surface area (Å²) < 4.78 is 0. The molecule has 0 heterocycles. The van der Waals surface area contributed by atoms with Crippen molar-refractivity contribution in [2.75, 3.05) is 0 Å². The predicted octanol–water partition coefficient (Wildman–Crippen LogP) is 0.677. The van der Waals surface area contributed by atoms with Gasteiger partial charge in [0.15, 0.2) is 0 Å². The van der Waals surface area contributed by atoms with Gasteiger partial charge in [-0.3, -0.25) is 0 Å². The van der Waals surface area contributed by atoms with E-state index >= 15 is 0 Å². The van der Waals surface area contributed by atoms with Gasteiger partial charge in [-0.2, -0.15) is 5.10 Å². The van der Waals surface area contributed by atoms with E-state index in [1.54, 1.807) is 12.1 Å². The monoisotopic (exact) mass is 164 g/mol. The van der Waals surface area contributed by atoms with E-state index in [1.807, 2.05) is 0 Å². The molecule has 3 N–H and O–H groups in total. The van der Waals surface area contributed by atoms with Gasteiger partial charge in [-0.15, -0.1) is 0 Å². The van der Waals surface area contributed by atoms with Crippen molar-refractivity contribution in [2.45, 2.75) is 0 Å². The van der Waals surface area contributed by atoms with Crippen LogP contribution in [0.3, 0.4) is 0 Å². The van der Waals surface area contributed by atoms with Crippen LogP contribution in [0, 0.1) is 0 Å². The summed E-state index contributed by atoms with van der Waals surface area (Å²) in [6, 6.07) is 6.37. The second-order valence-electron chi connectivity index (χ2n) is 2.21. The lowest BCUT2D eigenvalue weighted by Crippen LogP contribution is -1.97. The van der Waals surface area contributed by atoms with Crippen LogP contribution in [-0.2, 0) is 0 Å². The topological polar surface area (TPSA) is 75.7 Å². The number of carboxylic acids is 1. The highest BCUT2D eigenvalue weighted by Gasteiger charge is 2.00. The molecule has 0 bridgehead atoms. The minimum atomic E-state index is -0.956. The van der Waals surface area contributed by atoms with Crippen molar-refractivity contribution in [3.63, 3.8) is 0 Å². The van der Waals surface area contributed by atoms with Crippen molar-refractivity contribution in [2.24, 2.45) is 10.9 Å². The maximum absolute atomic E-state index is 10.5.